The Hall–Kier alpha value is -6.21. The van der Waals surface area contributed by atoms with Crippen LogP contribution in [0.15, 0.2) is 119 Å². The first-order valence-corrected chi connectivity index (χ1v) is 20.9. The van der Waals surface area contributed by atoms with Gasteiger partial charge < -0.3 is 35.2 Å². The highest BCUT2D eigenvalue weighted by Crippen LogP contribution is 2.34. The van der Waals surface area contributed by atoms with Gasteiger partial charge in [0.1, 0.15) is 42.5 Å². The number of hydrogen-bond acceptors (Lipinski definition) is 13. The minimum absolute atomic E-state index is 0.00407. The second-order valence-electron chi connectivity index (χ2n) is 16.2. The maximum atomic E-state index is 13.9. The second-order valence-corrected chi connectivity index (χ2v) is 16.2. The molecule has 0 spiro atoms. The van der Waals surface area contributed by atoms with Crippen molar-refractivity contribution in [2.24, 2.45) is 11.1 Å². The van der Waals surface area contributed by atoms with E-state index in [2.05, 4.69) is 25.4 Å². The van der Waals surface area contributed by atoms with Crippen LogP contribution in [0.5, 0.6) is 5.75 Å². The number of alkyl halides is 3. The number of amides is 2. The average Bonchev–Trinajstić information content (AvgIpc) is 3.81. The van der Waals surface area contributed by atoms with Gasteiger partial charge in [-0.3, -0.25) is 29.4 Å². The molecule has 3 aromatic heterocycles. The molecule has 0 aliphatic carbocycles. The molecule has 2 aliphatic rings. The number of fused-ring (bicyclic) bond motifs is 1. The smallest absolute Gasteiger partial charge is 0.405 e. The molecule has 0 radical (unpaired) electrons. The molecule has 1 saturated heterocycles. The predicted octanol–water partition coefficient (Wildman–Crippen LogP) is 5.14. The third kappa shape index (κ3) is 12.5. The van der Waals surface area contributed by atoms with Gasteiger partial charge in [0.05, 0.1) is 29.6 Å². The molecule has 1 fully saturated rings. The zero-order valence-corrected chi connectivity index (χ0v) is 35.7. The van der Waals surface area contributed by atoms with Crippen molar-refractivity contribution in [3.05, 3.63) is 132 Å². The van der Waals surface area contributed by atoms with Gasteiger partial charge in [0, 0.05) is 50.1 Å². The number of oxazole rings is 1. The number of carbonyl (C=O) groups excluding carboxylic acids is 2. The SMILES string of the molecule is C/C(=N\O)c1ccccn1.CC(C)(c1ncc(-c2ccccn2)o1)N1CCN(C[C@@H](O)C[C@@H](Cc2ccccc2)C(=O)N[C@H]2c3ccccc3OC[C@H]2O)[C@H](C(=O)NCC(F)(F)F)C1. The fraction of sp³-hybridized carbons (Fsp3) is 0.391. The van der Waals surface area contributed by atoms with Crippen LogP contribution in [-0.2, 0) is 21.5 Å². The summed E-state index contributed by atoms with van der Waals surface area (Å²) < 4.78 is 51.4. The lowest BCUT2D eigenvalue weighted by molar-refractivity contribution is -0.144. The van der Waals surface area contributed by atoms with Gasteiger partial charge >= 0.3 is 6.18 Å². The Labute approximate surface area is 369 Å². The molecule has 0 bridgehead atoms. The number of carbonyl (C=O) groups is 2. The lowest BCUT2D eigenvalue weighted by atomic mass is 9.90. The Balaban J connectivity index is 0.000000600. The van der Waals surface area contributed by atoms with E-state index >= 15 is 0 Å². The van der Waals surface area contributed by atoms with E-state index in [1.54, 1.807) is 72.9 Å². The molecule has 2 aliphatic heterocycles. The van der Waals surface area contributed by atoms with Gasteiger partial charge in [-0.2, -0.15) is 13.2 Å². The maximum Gasteiger partial charge on any atom is 0.405 e. The molecule has 64 heavy (non-hydrogen) atoms. The Bertz CT molecular complexity index is 2300. The molecule has 0 unspecified atom stereocenters. The predicted molar refractivity (Wildman–Crippen MR) is 230 cm³/mol. The number of oxime groups is 1. The number of nitrogens with zero attached hydrogens (tertiary/aromatic N) is 6. The van der Waals surface area contributed by atoms with Crippen molar-refractivity contribution < 1.29 is 47.3 Å². The summed E-state index contributed by atoms with van der Waals surface area (Å²) in [5.74, 6) is -0.627. The Morgan fingerprint density at radius 2 is 1.64 bits per heavy atom. The van der Waals surface area contributed by atoms with Crippen LogP contribution in [-0.4, -0.2) is 121 Å². The van der Waals surface area contributed by atoms with Crippen molar-refractivity contribution in [2.75, 3.05) is 39.3 Å². The van der Waals surface area contributed by atoms with E-state index in [0.717, 1.165) is 5.56 Å². The molecule has 5 N–H and O–H groups in total. The van der Waals surface area contributed by atoms with Gasteiger partial charge in [-0.15, -0.1) is 0 Å². The molecular weight excluding hydrogens is 834 g/mol. The van der Waals surface area contributed by atoms with Crippen molar-refractivity contribution in [3.63, 3.8) is 0 Å². The first-order valence-electron chi connectivity index (χ1n) is 20.9. The van der Waals surface area contributed by atoms with Gasteiger partial charge in [-0.1, -0.05) is 65.8 Å². The number of ether oxygens (including phenoxy) is 1. The molecule has 0 saturated carbocycles. The first-order chi connectivity index (χ1) is 30.6. The molecule has 2 amide bonds. The third-order valence-corrected chi connectivity index (χ3v) is 11.2. The van der Waals surface area contributed by atoms with Crippen LogP contribution in [0.2, 0.25) is 0 Å². The standard InChI is InChI=1S/C39H45F3N6O6.C7H8N2O/c1-38(2,37-44-20-33(54-37)29-13-8-9-15-43-29)48-17-16-47(30(22-48)36(52)45-24-39(40,41)42)21-27(49)19-26(18-25-10-4-3-5-11-25)35(51)46-34-28-12-6-7-14-32(28)53-23-31(34)50;1-6(9-10)7-4-2-3-5-8-7/h3-15,20,26-27,30-31,34,49-50H,16-19,21-24H2,1-2H3,(H,45,52)(H,46,51);2-5,10H,1H3/b;9-6+/t26-,27+,30+,31-,34+;/m1./s1. The second kappa shape index (κ2) is 21.4. The van der Waals surface area contributed by atoms with Crippen molar-refractivity contribution in [1.82, 2.24) is 35.4 Å². The number of pyridine rings is 2. The first kappa shape index (κ1) is 47.3. The number of halogens is 3. The summed E-state index contributed by atoms with van der Waals surface area (Å²) in [6.45, 7) is 4.43. The van der Waals surface area contributed by atoms with Crippen LogP contribution in [0.4, 0.5) is 13.2 Å². The summed E-state index contributed by atoms with van der Waals surface area (Å²) in [4.78, 5) is 43.7. The zero-order valence-electron chi connectivity index (χ0n) is 35.7. The Morgan fingerprint density at radius 1 is 0.938 bits per heavy atom. The number of nitrogens with one attached hydrogen (secondary N) is 2. The highest BCUT2D eigenvalue weighted by Gasteiger charge is 2.43. The van der Waals surface area contributed by atoms with Crippen LogP contribution >= 0.6 is 0 Å². The highest BCUT2D eigenvalue weighted by atomic mass is 19.4. The molecule has 5 atom stereocenters. The molecule has 5 aromatic rings. The summed E-state index contributed by atoms with van der Waals surface area (Å²) in [6.07, 6.45) is -1.65. The molecular formula is C46H53F3N8O7. The van der Waals surface area contributed by atoms with E-state index in [4.69, 9.17) is 14.4 Å². The summed E-state index contributed by atoms with van der Waals surface area (Å²) in [5, 5.41) is 38.7. The van der Waals surface area contributed by atoms with Crippen molar-refractivity contribution >= 4 is 17.5 Å². The summed E-state index contributed by atoms with van der Waals surface area (Å²) in [5.41, 5.74) is 2.44. The van der Waals surface area contributed by atoms with Crippen molar-refractivity contribution in [3.8, 4) is 17.2 Å². The van der Waals surface area contributed by atoms with E-state index in [1.165, 1.54) is 0 Å². The number of rotatable bonds is 14. The number of aliphatic hydroxyl groups excluding tert-OH is 2. The Kier molecular flexibility index (Phi) is 15.8. The molecule has 18 heteroatoms. The highest BCUT2D eigenvalue weighted by molar-refractivity contribution is 5.96. The van der Waals surface area contributed by atoms with Gasteiger partial charge in [-0.05, 0) is 69.5 Å². The normalized spacial score (nSPS) is 19.2. The van der Waals surface area contributed by atoms with Crippen LogP contribution in [0.25, 0.3) is 11.5 Å². The van der Waals surface area contributed by atoms with E-state index in [-0.39, 0.29) is 45.0 Å². The number of aromatic nitrogens is 3. The van der Waals surface area contributed by atoms with Gasteiger partial charge in [-0.25, -0.2) is 4.98 Å². The quantitative estimate of drug-likeness (QED) is 0.0561. The summed E-state index contributed by atoms with van der Waals surface area (Å²) >= 11 is 0. The fourth-order valence-corrected chi connectivity index (χ4v) is 7.70. The van der Waals surface area contributed by atoms with Crippen molar-refractivity contribution in [1.29, 1.82) is 0 Å². The third-order valence-electron chi connectivity index (χ3n) is 11.2. The van der Waals surface area contributed by atoms with E-state index in [9.17, 15) is 33.0 Å². The Morgan fingerprint density at radius 3 is 2.33 bits per heavy atom. The number of hydrogen-bond donors (Lipinski definition) is 5. The van der Waals surface area contributed by atoms with Crippen LogP contribution in [0.3, 0.4) is 0 Å². The molecule has 2 aromatic carbocycles. The number of β-amino-alcohol motifs (C(OH)–C–C–N with tert-alkyl or cyclic N) is 1. The molecule has 7 rings (SSSR count). The lowest BCUT2D eigenvalue weighted by Gasteiger charge is -2.46. The molecule has 15 nitrogen and oxygen atoms in total. The lowest BCUT2D eigenvalue weighted by Crippen LogP contribution is -2.63. The number of piperazine rings is 1. The van der Waals surface area contributed by atoms with Gasteiger partial charge in [0.2, 0.25) is 17.7 Å². The molecule has 340 valence electrons. The summed E-state index contributed by atoms with van der Waals surface area (Å²) in [6, 6.07) is 25.4. The minimum atomic E-state index is -4.62. The van der Waals surface area contributed by atoms with Crippen LogP contribution in [0, 0.1) is 5.92 Å². The van der Waals surface area contributed by atoms with E-state index in [1.807, 2.05) is 72.6 Å². The number of para-hydroxylation sites is 1. The van der Waals surface area contributed by atoms with E-state index in [0.29, 0.717) is 46.6 Å². The van der Waals surface area contributed by atoms with E-state index < -0.39 is 54.4 Å². The van der Waals surface area contributed by atoms with Crippen LogP contribution < -0.4 is 15.4 Å². The number of aliphatic hydroxyl groups is 2. The zero-order chi connectivity index (χ0) is 45.9. The van der Waals surface area contributed by atoms with Crippen molar-refractivity contribution in [2.45, 2.75) is 69.6 Å². The fourth-order valence-electron chi connectivity index (χ4n) is 7.70. The minimum Gasteiger partial charge on any atom is -0.490 e. The maximum absolute atomic E-state index is 13.9. The number of benzene rings is 2. The van der Waals surface area contributed by atoms with Gasteiger partial charge in [0.25, 0.3) is 0 Å². The van der Waals surface area contributed by atoms with Gasteiger partial charge in [0.15, 0.2) is 5.76 Å². The molecule has 5 heterocycles. The topological polar surface area (TPSA) is 199 Å². The summed E-state index contributed by atoms with van der Waals surface area (Å²) in [7, 11) is 0. The monoisotopic (exact) mass is 886 g/mol. The largest absolute Gasteiger partial charge is 0.490 e. The van der Waals surface area contributed by atoms with Crippen LogP contribution in [0.1, 0.15) is 55.9 Å². The average molecular weight is 887 g/mol.